The standard InChI is InChI=1S/C17H28N2O.ClH/c1-11(15-8-18-9-15)16(20)19-10-17-5-12-2-13(6-17)4-14(3-12)7-17;/h11-15,18H,2-10H2,1H3,(H,19,20);1H. The predicted molar refractivity (Wildman–Crippen MR) is 86.4 cm³/mol. The smallest absolute Gasteiger partial charge is 0.223 e. The van der Waals surface area contributed by atoms with Crippen LogP contribution in [0.1, 0.15) is 45.4 Å². The average molecular weight is 313 g/mol. The molecule has 0 spiro atoms. The van der Waals surface area contributed by atoms with Crippen LogP contribution in [0.4, 0.5) is 0 Å². The van der Waals surface area contributed by atoms with Gasteiger partial charge in [0.2, 0.25) is 5.91 Å². The maximum absolute atomic E-state index is 12.3. The molecular weight excluding hydrogens is 284 g/mol. The Morgan fingerprint density at radius 3 is 2.10 bits per heavy atom. The third kappa shape index (κ3) is 2.84. The minimum atomic E-state index is 0. The second-order valence-corrected chi connectivity index (χ2v) is 8.34. The van der Waals surface area contributed by atoms with E-state index in [9.17, 15) is 4.79 Å². The number of halogens is 1. The summed E-state index contributed by atoms with van der Waals surface area (Å²) in [5.74, 6) is 3.98. The minimum Gasteiger partial charge on any atom is -0.355 e. The van der Waals surface area contributed by atoms with E-state index in [0.29, 0.717) is 17.2 Å². The molecule has 1 unspecified atom stereocenters. The molecule has 1 amide bonds. The molecule has 4 saturated carbocycles. The average Bonchev–Trinajstić information content (AvgIpc) is 2.32. The summed E-state index contributed by atoms with van der Waals surface area (Å²) in [5, 5.41) is 6.59. The fourth-order valence-corrected chi connectivity index (χ4v) is 5.82. The van der Waals surface area contributed by atoms with Crippen LogP contribution < -0.4 is 10.6 Å². The van der Waals surface area contributed by atoms with Crippen LogP contribution in [0.2, 0.25) is 0 Å². The molecule has 120 valence electrons. The van der Waals surface area contributed by atoms with Gasteiger partial charge >= 0.3 is 0 Å². The number of hydrogen-bond donors (Lipinski definition) is 2. The SMILES string of the molecule is CC(C(=O)NCC12CC3CC(CC(C3)C1)C2)C1CNC1.Cl. The van der Waals surface area contributed by atoms with Crippen LogP contribution in [0.15, 0.2) is 0 Å². The molecule has 1 saturated heterocycles. The Bertz CT molecular complexity index is 372. The molecule has 5 fully saturated rings. The molecule has 0 radical (unpaired) electrons. The fourth-order valence-electron chi connectivity index (χ4n) is 5.82. The predicted octanol–water partition coefficient (Wildman–Crippen LogP) is 2.60. The van der Waals surface area contributed by atoms with Gasteiger partial charge in [0.05, 0.1) is 0 Å². The Labute approximate surface area is 134 Å². The Balaban J connectivity index is 0.00000132. The molecule has 0 aromatic carbocycles. The second kappa shape index (κ2) is 5.73. The summed E-state index contributed by atoms with van der Waals surface area (Å²) in [6, 6.07) is 0. The van der Waals surface area contributed by atoms with E-state index in [1.165, 1.54) is 38.5 Å². The van der Waals surface area contributed by atoms with Crippen molar-refractivity contribution in [2.75, 3.05) is 19.6 Å². The van der Waals surface area contributed by atoms with Crippen LogP contribution in [0.3, 0.4) is 0 Å². The van der Waals surface area contributed by atoms with Gasteiger partial charge in [0.15, 0.2) is 0 Å². The van der Waals surface area contributed by atoms with Crippen molar-refractivity contribution in [3.05, 3.63) is 0 Å². The Hall–Kier alpha value is -0.280. The van der Waals surface area contributed by atoms with Crippen molar-refractivity contribution in [1.82, 2.24) is 10.6 Å². The monoisotopic (exact) mass is 312 g/mol. The van der Waals surface area contributed by atoms with Gasteiger partial charge in [-0.1, -0.05) is 6.92 Å². The van der Waals surface area contributed by atoms with Crippen molar-refractivity contribution in [1.29, 1.82) is 0 Å². The lowest BCUT2D eigenvalue weighted by atomic mass is 9.49. The first kappa shape index (κ1) is 15.6. The zero-order chi connectivity index (χ0) is 13.7. The Kier molecular flexibility index (Phi) is 4.26. The van der Waals surface area contributed by atoms with E-state index in [2.05, 4.69) is 17.6 Å². The molecular formula is C17H29ClN2O. The molecule has 1 heterocycles. The normalized spacial score (nSPS) is 42.0. The van der Waals surface area contributed by atoms with Crippen molar-refractivity contribution in [3.63, 3.8) is 0 Å². The quantitative estimate of drug-likeness (QED) is 0.838. The van der Waals surface area contributed by atoms with Crippen LogP contribution in [-0.2, 0) is 4.79 Å². The molecule has 2 N–H and O–H groups in total. The van der Waals surface area contributed by atoms with E-state index < -0.39 is 0 Å². The first-order valence-corrected chi connectivity index (χ1v) is 8.62. The van der Waals surface area contributed by atoms with Crippen LogP contribution in [0, 0.1) is 35.0 Å². The zero-order valence-corrected chi connectivity index (χ0v) is 13.9. The molecule has 21 heavy (non-hydrogen) atoms. The lowest BCUT2D eigenvalue weighted by Crippen LogP contribution is -2.53. The lowest BCUT2D eigenvalue weighted by molar-refractivity contribution is -0.128. The Morgan fingerprint density at radius 2 is 1.67 bits per heavy atom. The van der Waals surface area contributed by atoms with Gasteiger partial charge in [0, 0.05) is 12.5 Å². The number of carbonyl (C=O) groups excluding carboxylic acids is 1. The molecule has 4 bridgehead atoms. The van der Waals surface area contributed by atoms with Gasteiger partial charge in [0.25, 0.3) is 0 Å². The molecule has 1 atom stereocenters. The summed E-state index contributed by atoms with van der Waals surface area (Å²) < 4.78 is 0. The maximum Gasteiger partial charge on any atom is 0.223 e. The number of carbonyl (C=O) groups is 1. The summed E-state index contributed by atoms with van der Waals surface area (Å²) in [5.41, 5.74) is 0.474. The summed E-state index contributed by atoms with van der Waals surface area (Å²) in [6.07, 6.45) is 8.61. The first-order valence-electron chi connectivity index (χ1n) is 8.62. The maximum atomic E-state index is 12.3. The van der Waals surface area contributed by atoms with Gasteiger partial charge in [0.1, 0.15) is 0 Å². The van der Waals surface area contributed by atoms with Crippen LogP contribution in [-0.4, -0.2) is 25.5 Å². The summed E-state index contributed by atoms with van der Waals surface area (Å²) in [6.45, 7) is 5.10. The topological polar surface area (TPSA) is 41.1 Å². The van der Waals surface area contributed by atoms with Gasteiger partial charge in [-0.3, -0.25) is 4.79 Å². The van der Waals surface area contributed by atoms with Gasteiger partial charge < -0.3 is 10.6 Å². The molecule has 1 aliphatic heterocycles. The zero-order valence-electron chi connectivity index (χ0n) is 13.1. The highest BCUT2D eigenvalue weighted by Gasteiger charge is 2.50. The summed E-state index contributed by atoms with van der Waals surface area (Å²) in [7, 11) is 0. The van der Waals surface area contributed by atoms with Crippen molar-refractivity contribution in [2.24, 2.45) is 35.0 Å². The lowest BCUT2D eigenvalue weighted by Gasteiger charge is -2.57. The van der Waals surface area contributed by atoms with Gasteiger partial charge in [-0.2, -0.15) is 0 Å². The van der Waals surface area contributed by atoms with Crippen LogP contribution in [0.25, 0.3) is 0 Å². The number of hydrogen-bond acceptors (Lipinski definition) is 2. The van der Waals surface area contributed by atoms with Gasteiger partial charge in [-0.05, 0) is 80.7 Å². The highest BCUT2D eigenvalue weighted by atomic mass is 35.5. The van der Waals surface area contributed by atoms with Gasteiger partial charge in [-0.25, -0.2) is 0 Å². The third-order valence-corrected chi connectivity index (χ3v) is 6.74. The Morgan fingerprint density at radius 1 is 1.14 bits per heavy atom. The first-order chi connectivity index (χ1) is 9.63. The van der Waals surface area contributed by atoms with Crippen molar-refractivity contribution in [3.8, 4) is 0 Å². The minimum absolute atomic E-state index is 0. The van der Waals surface area contributed by atoms with Crippen molar-refractivity contribution >= 4 is 18.3 Å². The third-order valence-electron chi connectivity index (χ3n) is 6.74. The number of amides is 1. The second-order valence-electron chi connectivity index (χ2n) is 8.34. The molecule has 0 aromatic rings. The van der Waals surface area contributed by atoms with E-state index in [4.69, 9.17) is 0 Å². The van der Waals surface area contributed by atoms with Crippen LogP contribution >= 0.6 is 12.4 Å². The van der Waals surface area contributed by atoms with E-state index in [-0.39, 0.29) is 18.3 Å². The van der Waals surface area contributed by atoms with E-state index in [1.807, 2.05) is 0 Å². The largest absolute Gasteiger partial charge is 0.355 e. The highest BCUT2D eigenvalue weighted by molar-refractivity contribution is 5.85. The fraction of sp³-hybridized carbons (Fsp3) is 0.941. The molecule has 4 heteroatoms. The summed E-state index contributed by atoms with van der Waals surface area (Å²) in [4.78, 5) is 12.3. The van der Waals surface area contributed by atoms with E-state index in [0.717, 1.165) is 37.4 Å². The van der Waals surface area contributed by atoms with E-state index in [1.54, 1.807) is 0 Å². The molecule has 3 nitrogen and oxygen atoms in total. The number of nitrogens with one attached hydrogen (secondary N) is 2. The molecule has 4 aliphatic carbocycles. The molecule has 5 aliphatic rings. The van der Waals surface area contributed by atoms with Crippen molar-refractivity contribution in [2.45, 2.75) is 45.4 Å². The molecule has 5 rings (SSSR count). The van der Waals surface area contributed by atoms with Gasteiger partial charge in [-0.15, -0.1) is 12.4 Å². The van der Waals surface area contributed by atoms with Crippen LogP contribution in [0.5, 0.6) is 0 Å². The van der Waals surface area contributed by atoms with E-state index >= 15 is 0 Å². The highest BCUT2D eigenvalue weighted by Crippen LogP contribution is 2.59. The molecule has 0 aromatic heterocycles. The summed E-state index contributed by atoms with van der Waals surface area (Å²) >= 11 is 0. The number of rotatable bonds is 4. The van der Waals surface area contributed by atoms with Crippen molar-refractivity contribution < 1.29 is 4.79 Å².